The molecule has 0 aromatic heterocycles. The Morgan fingerprint density at radius 3 is 2.75 bits per heavy atom. The molecule has 0 saturated carbocycles. The Balaban J connectivity index is 0.00000200. The molecule has 2 N–H and O–H groups in total. The molecule has 0 unspecified atom stereocenters. The molecule has 4 nitrogen and oxygen atoms in total. The zero-order chi connectivity index (χ0) is 13.8. The van der Waals surface area contributed by atoms with E-state index in [9.17, 15) is 13.6 Å². The van der Waals surface area contributed by atoms with Crippen molar-refractivity contribution in [3.63, 3.8) is 0 Å². The van der Waals surface area contributed by atoms with Crippen molar-refractivity contribution < 1.29 is 18.3 Å². The van der Waals surface area contributed by atoms with Crippen LogP contribution in [0.4, 0.5) is 8.78 Å². The third kappa shape index (κ3) is 4.57. The van der Waals surface area contributed by atoms with Crippen LogP contribution in [0.1, 0.15) is 5.56 Å². The number of ether oxygens (including phenoxy) is 1. The average molecular weight is 372 g/mol. The molecule has 2 rings (SSSR count). The van der Waals surface area contributed by atoms with Gasteiger partial charge in [0, 0.05) is 29.7 Å². The summed E-state index contributed by atoms with van der Waals surface area (Å²) in [4.78, 5) is 11.7. The average Bonchev–Trinajstić information content (AvgIpc) is 2.26. The number of rotatable bonds is 5. The predicted octanol–water partition coefficient (Wildman–Crippen LogP) is 2.31. The maximum Gasteiger partial charge on any atom is 0.387 e. The fourth-order valence-electron chi connectivity index (χ4n) is 1.70. The molecule has 0 aliphatic carbocycles. The summed E-state index contributed by atoms with van der Waals surface area (Å²) in [6.07, 6.45) is 0. The third-order valence-corrected chi connectivity index (χ3v) is 3.34. The molecule has 1 heterocycles. The van der Waals surface area contributed by atoms with Gasteiger partial charge in [-0.1, -0.05) is 15.9 Å². The number of carbonyl (C=O) groups excluding carboxylic acids is 1. The van der Waals surface area contributed by atoms with Crippen LogP contribution in [0.15, 0.2) is 22.7 Å². The maximum absolute atomic E-state index is 12.3. The lowest BCUT2D eigenvalue weighted by Gasteiger charge is -2.26. The minimum atomic E-state index is -2.88. The lowest BCUT2D eigenvalue weighted by atomic mass is 10.0. The van der Waals surface area contributed by atoms with E-state index in [1.54, 1.807) is 12.1 Å². The zero-order valence-corrected chi connectivity index (χ0v) is 12.8. The van der Waals surface area contributed by atoms with Crippen molar-refractivity contribution in [3.8, 4) is 5.75 Å². The Hall–Kier alpha value is -0.920. The molecule has 0 radical (unpaired) electrons. The second-order valence-corrected chi connectivity index (χ2v) is 5.12. The van der Waals surface area contributed by atoms with Gasteiger partial charge in [0.05, 0.1) is 5.92 Å². The SMILES string of the molecule is Cl.O=C(NCc1cc(Br)ccc1OC(F)F)C1CNC1. The molecular formula is C12H14BrClF2N2O2. The van der Waals surface area contributed by atoms with E-state index in [1.807, 2.05) is 0 Å². The summed E-state index contributed by atoms with van der Waals surface area (Å²) in [6.45, 7) is -1.40. The number of halogens is 4. The predicted molar refractivity (Wildman–Crippen MR) is 76.2 cm³/mol. The van der Waals surface area contributed by atoms with Gasteiger partial charge in [-0.15, -0.1) is 12.4 Å². The van der Waals surface area contributed by atoms with Crippen molar-refractivity contribution in [1.82, 2.24) is 10.6 Å². The number of hydrogen-bond donors (Lipinski definition) is 2. The Labute approximate surface area is 129 Å². The summed E-state index contributed by atoms with van der Waals surface area (Å²) in [7, 11) is 0. The van der Waals surface area contributed by atoms with E-state index in [0.29, 0.717) is 18.7 Å². The number of carbonyl (C=O) groups is 1. The Bertz CT molecular complexity index is 473. The Morgan fingerprint density at radius 2 is 2.20 bits per heavy atom. The van der Waals surface area contributed by atoms with Gasteiger partial charge in [0.25, 0.3) is 0 Å². The molecule has 1 fully saturated rings. The van der Waals surface area contributed by atoms with Gasteiger partial charge in [0.15, 0.2) is 0 Å². The van der Waals surface area contributed by atoms with Crippen molar-refractivity contribution in [2.45, 2.75) is 13.2 Å². The standard InChI is InChI=1S/C12H13BrF2N2O2.ClH/c13-9-1-2-10(19-12(14)15)7(3-9)6-17-11(18)8-4-16-5-8;/h1-3,8,12,16H,4-6H2,(H,17,18);1H. The Kier molecular flexibility index (Phi) is 6.64. The fourth-order valence-corrected chi connectivity index (χ4v) is 2.11. The van der Waals surface area contributed by atoms with Gasteiger partial charge in [-0.05, 0) is 18.2 Å². The van der Waals surface area contributed by atoms with Gasteiger partial charge in [-0.2, -0.15) is 8.78 Å². The van der Waals surface area contributed by atoms with Crippen LogP contribution in [-0.2, 0) is 11.3 Å². The van der Waals surface area contributed by atoms with Gasteiger partial charge >= 0.3 is 6.61 Å². The van der Waals surface area contributed by atoms with Gasteiger partial charge in [0.1, 0.15) is 5.75 Å². The molecule has 0 spiro atoms. The lowest BCUT2D eigenvalue weighted by molar-refractivity contribution is -0.126. The molecule has 1 aromatic carbocycles. The van der Waals surface area contributed by atoms with Crippen LogP contribution >= 0.6 is 28.3 Å². The van der Waals surface area contributed by atoms with Gasteiger partial charge in [0.2, 0.25) is 5.91 Å². The number of hydrogen-bond acceptors (Lipinski definition) is 3. The highest BCUT2D eigenvalue weighted by Crippen LogP contribution is 2.24. The quantitative estimate of drug-likeness (QED) is 0.835. The van der Waals surface area contributed by atoms with E-state index in [0.717, 1.165) is 4.47 Å². The summed E-state index contributed by atoms with van der Waals surface area (Å²) >= 11 is 3.26. The molecule has 112 valence electrons. The van der Waals surface area contributed by atoms with Gasteiger partial charge in [-0.3, -0.25) is 4.79 Å². The van der Waals surface area contributed by atoms with E-state index >= 15 is 0 Å². The number of nitrogens with one attached hydrogen (secondary N) is 2. The zero-order valence-electron chi connectivity index (χ0n) is 10.4. The first kappa shape index (κ1) is 17.1. The normalized spacial score (nSPS) is 14.4. The molecule has 1 aromatic rings. The topological polar surface area (TPSA) is 50.4 Å². The molecule has 0 bridgehead atoms. The van der Waals surface area contributed by atoms with Crippen molar-refractivity contribution in [2.24, 2.45) is 5.92 Å². The van der Waals surface area contributed by atoms with Crippen molar-refractivity contribution >= 4 is 34.2 Å². The van der Waals surface area contributed by atoms with Crippen LogP contribution in [0.5, 0.6) is 5.75 Å². The van der Waals surface area contributed by atoms with Crippen molar-refractivity contribution in [3.05, 3.63) is 28.2 Å². The molecule has 1 aliphatic rings. The highest BCUT2D eigenvalue weighted by Gasteiger charge is 2.24. The molecule has 1 saturated heterocycles. The van der Waals surface area contributed by atoms with Crippen LogP contribution in [-0.4, -0.2) is 25.6 Å². The number of amides is 1. The third-order valence-electron chi connectivity index (χ3n) is 2.84. The number of benzene rings is 1. The lowest BCUT2D eigenvalue weighted by Crippen LogP contribution is -2.50. The summed E-state index contributed by atoms with van der Waals surface area (Å²) in [6, 6.07) is 4.71. The van der Waals surface area contributed by atoms with E-state index in [1.165, 1.54) is 6.07 Å². The maximum atomic E-state index is 12.3. The highest BCUT2D eigenvalue weighted by atomic mass is 79.9. The highest BCUT2D eigenvalue weighted by molar-refractivity contribution is 9.10. The molecule has 0 atom stereocenters. The molecule has 1 amide bonds. The first-order chi connectivity index (χ1) is 9.06. The van der Waals surface area contributed by atoms with E-state index < -0.39 is 6.61 Å². The second-order valence-electron chi connectivity index (χ2n) is 4.20. The van der Waals surface area contributed by atoms with E-state index in [4.69, 9.17) is 0 Å². The minimum Gasteiger partial charge on any atom is -0.434 e. The summed E-state index contributed by atoms with van der Waals surface area (Å²) in [5.74, 6) is -0.0430. The van der Waals surface area contributed by atoms with Crippen LogP contribution in [0, 0.1) is 5.92 Å². The number of alkyl halides is 2. The first-order valence-corrected chi connectivity index (χ1v) is 6.57. The van der Waals surface area contributed by atoms with Crippen LogP contribution in [0.2, 0.25) is 0 Å². The van der Waals surface area contributed by atoms with Crippen LogP contribution in [0.25, 0.3) is 0 Å². The molecule has 20 heavy (non-hydrogen) atoms. The van der Waals surface area contributed by atoms with Crippen molar-refractivity contribution in [1.29, 1.82) is 0 Å². The summed E-state index contributed by atoms with van der Waals surface area (Å²) < 4.78 is 29.7. The van der Waals surface area contributed by atoms with Crippen molar-refractivity contribution in [2.75, 3.05) is 13.1 Å². The minimum absolute atomic E-state index is 0. The Morgan fingerprint density at radius 1 is 1.50 bits per heavy atom. The second kappa shape index (κ2) is 7.75. The first-order valence-electron chi connectivity index (χ1n) is 5.78. The monoisotopic (exact) mass is 370 g/mol. The van der Waals surface area contributed by atoms with E-state index in [-0.39, 0.29) is 36.5 Å². The molecular weight excluding hydrogens is 357 g/mol. The smallest absolute Gasteiger partial charge is 0.387 e. The summed E-state index contributed by atoms with van der Waals surface area (Å²) in [5.41, 5.74) is 0.510. The van der Waals surface area contributed by atoms with E-state index in [2.05, 4.69) is 31.3 Å². The largest absolute Gasteiger partial charge is 0.434 e. The molecule has 1 aliphatic heterocycles. The van der Waals surface area contributed by atoms with Crippen LogP contribution < -0.4 is 15.4 Å². The van der Waals surface area contributed by atoms with Gasteiger partial charge in [-0.25, -0.2) is 0 Å². The molecule has 8 heteroatoms. The van der Waals surface area contributed by atoms with Gasteiger partial charge < -0.3 is 15.4 Å². The summed E-state index contributed by atoms with van der Waals surface area (Å²) in [5, 5.41) is 5.71. The fraction of sp³-hybridized carbons (Fsp3) is 0.417. The van der Waals surface area contributed by atoms with Crippen LogP contribution in [0.3, 0.4) is 0 Å².